The van der Waals surface area contributed by atoms with Crippen LogP contribution in [0, 0.1) is 29.1 Å². The first-order valence-corrected chi connectivity index (χ1v) is 14.6. The van der Waals surface area contributed by atoms with E-state index in [1.807, 2.05) is 11.3 Å². The second-order valence-electron chi connectivity index (χ2n) is 7.81. The smallest absolute Gasteiger partial charge is 0.220 e. The molecule has 0 amide bonds. The normalized spacial score (nSPS) is 11.3. The van der Waals surface area contributed by atoms with Gasteiger partial charge in [-0.15, -0.1) is 0 Å². The number of halogens is 5. The van der Waals surface area contributed by atoms with Gasteiger partial charge < -0.3 is 4.55 Å². The molecule has 0 atom stereocenters. The number of thiophene rings is 1. The van der Waals surface area contributed by atoms with Crippen molar-refractivity contribution in [3.8, 4) is 11.1 Å². The Balaban J connectivity index is 0.000000204. The average Bonchev–Trinajstić information content (AvgIpc) is 3.42. The first kappa shape index (κ1) is 28.5. The second-order valence-corrected chi connectivity index (χ2v) is 12.3. The van der Waals surface area contributed by atoms with Gasteiger partial charge >= 0.3 is 0 Å². The van der Waals surface area contributed by atoms with E-state index in [0.29, 0.717) is 0 Å². The molecule has 0 bridgehead atoms. The third kappa shape index (κ3) is 6.39. The molecule has 0 aliphatic rings. The zero-order chi connectivity index (χ0) is 28.2. The van der Waals surface area contributed by atoms with Crippen molar-refractivity contribution in [1.29, 1.82) is 0 Å². The average molecular weight is 593 g/mol. The highest BCUT2D eigenvalue weighted by Crippen LogP contribution is 2.37. The topological polar surface area (TPSA) is 57.2 Å². The predicted octanol–water partition coefficient (Wildman–Crippen LogP) is 7.80. The van der Waals surface area contributed by atoms with Gasteiger partial charge in [0, 0.05) is 11.4 Å². The fourth-order valence-electron chi connectivity index (χ4n) is 3.49. The molecule has 39 heavy (non-hydrogen) atoms. The second kappa shape index (κ2) is 12.1. The van der Waals surface area contributed by atoms with E-state index in [2.05, 4.69) is 102 Å². The maximum atomic E-state index is 12.6. The molecular formula is C28H17F5O3S3. The number of hydrogen-bond acceptors (Lipinski definition) is 4. The summed E-state index contributed by atoms with van der Waals surface area (Å²) in [4.78, 5) is 0.356. The zero-order valence-corrected chi connectivity index (χ0v) is 22.1. The maximum absolute atomic E-state index is 12.6. The van der Waals surface area contributed by atoms with Crippen LogP contribution >= 0.6 is 11.3 Å². The standard InChI is InChI=1S/C22H17S2.C6HF5O3S/c1-4-10-18(11-5-1)19-16-22(23-17-19)24(20-12-6-2-7-13-20)21-14-8-3-9-15-21;7-1-2(8)4(10)6(15(12,13)14)5(11)3(1)9/h1-17H;(H,12,13,14)/q+1;/p-1. The molecule has 4 aromatic carbocycles. The lowest BCUT2D eigenvalue weighted by Gasteiger charge is -2.10. The monoisotopic (exact) mass is 592 g/mol. The van der Waals surface area contributed by atoms with Crippen LogP contribution in [-0.2, 0) is 21.0 Å². The van der Waals surface area contributed by atoms with Crippen LogP contribution in [-0.4, -0.2) is 13.0 Å². The molecule has 0 N–H and O–H groups in total. The molecule has 3 nitrogen and oxygen atoms in total. The minimum atomic E-state index is -5.77. The lowest BCUT2D eigenvalue weighted by molar-refractivity contribution is 0.350. The molecule has 5 aromatic rings. The molecule has 0 unspecified atom stereocenters. The molecule has 200 valence electrons. The fraction of sp³-hybridized carbons (Fsp3) is 0. The van der Waals surface area contributed by atoms with Crippen LogP contribution in [0.3, 0.4) is 0 Å². The Kier molecular flexibility index (Phi) is 8.86. The van der Waals surface area contributed by atoms with Gasteiger partial charge in [0.25, 0.3) is 0 Å². The van der Waals surface area contributed by atoms with Crippen LogP contribution in [0.4, 0.5) is 22.0 Å². The summed E-state index contributed by atoms with van der Waals surface area (Å²) in [6, 6.07) is 34.6. The van der Waals surface area contributed by atoms with Gasteiger partial charge in [-0.1, -0.05) is 78.1 Å². The molecule has 0 spiro atoms. The predicted molar refractivity (Wildman–Crippen MR) is 139 cm³/mol. The molecule has 0 aliphatic heterocycles. The highest BCUT2D eigenvalue weighted by molar-refractivity contribution is 7.98. The summed E-state index contributed by atoms with van der Waals surface area (Å²) < 4.78 is 94.3. The van der Waals surface area contributed by atoms with Crippen molar-refractivity contribution in [3.63, 3.8) is 0 Å². The lowest BCUT2D eigenvalue weighted by Crippen LogP contribution is -2.12. The first-order valence-electron chi connectivity index (χ1n) is 11.0. The summed E-state index contributed by atoms with van der Waals surface area (Å²) in [6.45, 7) is 0. The van der Waals surface area contributed by atoms with E-state index < -0.39 is 44.1 Å². The summed E-state index contributed by atoms with van der Waals surface area (Å²) in [5.74, 6) is -12.8. The Morgan fingerprint density at radius 2 is 1.00 bits per heavy atom. The van der Waals surface area contributed by atoms with Crippen LogP contribution in [0.25, 0.3) is 11.1 Å². The molecule has 1 heterocycles. The van der Waals surface area contributed by atoms with Gasteiger partial charge in [-0.05, 0) is 35.4 Å². The zero-order valence-electron chi connectivity index (χ0n) is 19.7. The SMILES string of the molecule is O=S(=O)([O-])c1c(F)c(F)c(F)c(F)c1F.c1ccc(-c2csc([S+](c3ccccc3)c3ccccc3)c2)cc1. The molecule has 11 heteroatoms. The van der Waals surface area contributed by atoms with Crippen molar-refractivity contribution in [1.82, 2.24) is 0 Å². The maximum Gasteiger partial charge on any atom is 0.220 e. The van der Waals surface area contributed by atoms with Crippen LogP contribution in [0.1, 0.15) is 0 Å². The van der Waals surface area contributed by atoms with Gasteiger partial charge in [0.15, 0.2) is 33.1 Å². The van der Waals surface area contributed by atoms with Gasteiger partial charge in [0.1, 0.15) is 25.9 Å². The van der Waals surface area contributed by atoms with E-state index in [1.54, 1.807) is 0 Å². The Hall–Kier alpha value is -3.51. The molecule has 0 fully saturated rings. The molecule has 1 aromatic heterocycles. The van der Waals surface area contributed by atoms with Crippen molar-refractivity contribution in [2.45, 2.75) is 18.9 Å². The van der Waals surface area contributed by atoms with Crippen LogP contribution in [0.5, 0.6) is 0 Å². The van der Waals surface area contributed by atoms with E-state index in [4.69, 9.17) is 0 Å². The van der Waals surface area contributed by atoms with Gasteiger partial charge in [0.05, 0.1) is 0 Å². The van der Waals surface area contributed by atoms with Crippen LogP contribution in [0.2, 0.25) is 0 Å². The van der Waals surface area contributed by atoms with Crippen molar-refractivity contribution < 1.29 is 34.9 Å². The molecule has 0 radical (unpaired) electrons. The number of rotatable bonds is 5. The van der Waals surface area contributed by atoms with Crippen molar-refractivity contribution in [2.24, 2.45) is 0 Å². The summed E-state index contributed by atoms with van der Waals surface area (Å²) >= 11 is 1.85. The summed E-state index contributed by atoms with van der Waals surface area (Å²) in [5.41, 5.74) is 2.59. The van der Waals surface area contributed by atoms with Gasteiger partial charge in [-0.3, -0.25) is 0 Å². The Morgan fingerprint density at radius 1 is 0.590 bits per heavy atom. The van der Waals surface area contributed by atoms with Gasteiger partial charge in [-0.2, -0.15) is 0 Å². The van der Waals surface area contributed by atoms with Crippen LogP contribution in [0.15, 0.2) is 121 Å². The van der Waals surface area contributed by atoms with Crippen molar-refractivity contribution in [2.75, 3.05) is 0 Å². The van der Waals surface area contributed by atoms with E-state index in [-0.39, 0.29) is 10.9 Å². The number of benzene rings is 4. The Morgan fingerprint density at radius 3 is 1.44 bits per heavy atom. The Bertz CT molecular complexity index is 1610. The summed E-state index contributed by atoms with van der Waals surface area (Å²) in [5, 5.41) is 2.27. The highest BCUT2D eigenvalue weighted by Gasteiger charge is 2.30. The molecule has 0 saturated carbocycles. The van der Waals surface area contributed by atoms with Gasteiger partial charge in [-0.25, -0.2) is 30.4 Å². The van der Waals surface area contributed by atoms with E-state index in [1.165, 1.54) is 25.1 Å². The van der Waals surface area contributed by atoms with E-state index in [0.717, 1.165) is 0 Å². The Labute approximate surface area is 228 Å². The molecule has 5 rings (SSSR count). The fourth-order valence-corrected chi connectivity index (χ4v) is 7.70. The first-order chi connectivity index (χ1) is 18.6. The molecule has 0 aliphatic carbocycles. The highest BCUT2D eigenvalue weighted by atomic mass is 32.2. The minimum Gasteiger partial charge on any atom is -0.744 e. The van der Waals surface area contributed by atoms with E-state index in [9.17, 15) is 34.9 Å². The largest absolute Gasteiger partial charge is 0.744 e. The van der Waals surface area contributed by atoms with Crippen LogP contribution < -0.4 is 0 Å². The summed E-state index contributed by atoms with van der Waals surface area (Å²) in [7, 11) is -5.82. The third-order valence-corrected chi connectivity index (χ3v) is 9.64. The van der Waals surface area contributed by atoms with Gasteiger partial charge in [0.2, 0.25) is 10.0 Å². The third-order valence-electron chi connectivity index (χ3n) is 5.26. The lowest BCUT2D eigenvalue weighted by atomic mass is 10.1. The quantitative estimate of drug-likeness (QED) is 0.0688. The molecule has 0 saturated heterocycles. The number of hydrogen-bond donors (Lipinski definition) is 0. The minimum absolute atomic E-state index is 0.0491. The van der Waals surface area contributed by atoms with Crippen molar-refractivity contribution >= 4 is 32.3 Å². The van der Waals surface area contributed by atoms with Crippen molar-refractivity contribution in [3.05, 3.63) is 132 Å². The summed E-state index contributed by atoms with van der Waals surface area (Å²) in [6.07, 6.45) is 0. The van der Waals surface area contributed by atoms with E-state index >= 15 is 0 Å². The molecular weight excluding hydrogens is 575 g/mol.